The smallest absolute Gasteiger partial charge is 0.254 e. The Morgan fingerprint density at radius 2 is 2.11 bits per heavy atom. The Morgan fingerprint density at radius 1 is 1.33 bits per heavy atom. The molecule has 1 aromatic heterocycles. The van der Waals surface area contributed by atoms with Gasteiger partial charge in [-0.3, -0.25) is 4.79 Å². The number of hydrazine groups is 1. The van der Waals surface area contributed by atoms with Crippen molar-refractivity contribution in [3.63, 3.8) is 0 Å². The van der Waals surface area contributed by atoms with E-state index >= 15 is 0 Å². The van der Waals surface area contributed by atoms with Gasteiger partial charge in [0, 0.05) is 18.8 Å². The highest BCUT2D eigenvalue weighted by molar-refractivity contribution is 6.20. The molecule has 1 aliphatic heterocycles. The van der Waals surface area contributed by atoms with Gasteiger partial charge in [0.15, 0.2) is 0 Å². The highest BCUT2D eigenvalue weighted by Gasteiger charge is 2.31. The van der Waals surface area contributed by atoms with Crippen molar-refractivity contribution < 1.29 is 9.53 Å². The van der Waals surface area contributed by atoms with Crippen LogP contribution in [-0.4, -0.2) is 52.2 Å². The standard InChI is InChI=1S/C18H21ClN6O2/c19-15-11-27-9-8-24(15)25(13-4-2-1-3-5-13)18-21-10-14(16(20)26)17(23-18)22-12-6-7-12/h1-5,10,12,15H,6-9,11H2,(H2,20,26)(H,21,22,23). The summed E-state index contributed by atoms with van der Waals surface area (Å²) in [4.78, 5) is 20.8. The molecule has 0 bridgehead atoms. The Bertz CT molecular complexity index is 817. The Hall–Kier alpha value is -2.42. The molecule has 2 fully saturated rings. The van der Waals surface area contributed by atoms with Crippen LogP contribution in [0.5, 0.6) is 0 Å². The van der Waals surface area contributed by atoms with Crippen LogP contribution in [-0.2, 0) is 4.74 Å². The maximum atomic E-state index is 11.8. The lowest BCUT2D eigenvalue weighted by atomic mass is 10.3. The number of morpholine rings is 1. The third-order valence-electron chi connectivity index (χ3n) is 4.45. The predicted octanol–water partition coefficient (Wildman–Crippen LogP) is 2.10. The van der Waals surface area contributed by atoms with Gasteiger partial charge >= 0.3 is 0 Å². The van der Waals surface area contributed by atoms with Crippen LogP contribution >= 0.6 is 11.6 Å². The van der Waals surface area contributed by atoms with E-state index < -0.39 is 5.91 Å². The Kier molecular flexibility index (Phi) is 5.11. The molecular weight excluding hydrogens is 368 g/mol. The lowest BCUT2D eigenvalue weighted by Crippen LogP contribution is -2.51. The normalized spacial score (nSPS) is 20.3. The summed E-state index contributed by atoms with van der Waals surface area (Å²) in [5, 5.41) is 7.09. The van der Waals surface area contributed by atoms with E-state index in [1.165, 1.54) is 6.20 Å². The van der Waals surface area contributed by atoms with Crippen LogP contribution < -0.4 is 16.1 Å². The molecule has 1 saturated carbocycles. The number of benzene rings is 1. The number of carbonyl (C=O) groups is 1. The fourth-order valence-corrected chi connectivity index (χ4v) is 3.20. The van der Waals surface area contributed by atoms with Crippen molar-refractivity contribution in [2.24, 2.45) is 5.73 Å². The third-order valence-corrected chi connectivity index (χ3v) is 4.80. The summed E-state index contributed by atoms with van der Waals surface area (Å²) < 4.78 is 5.45. The largest absolute Gasteiger partial charge is 0.377 e. The number of para-hydroxylation sites is 1. The van der Waals surface area contributed by atoms with E-state index in [9.17, 15) is 4.79 Å². The van der Waals surface area contributed by atoms with Crippen LogP contribution in [0.15, 0.2) is 36.5 Å². The van der Waals surface area contributed by atoms with Crippen molar-refractivity contribution in [1.29, 1.82) is 0 Å². The molecule has 1 unspecified atom stereocenters. The number of hydrogen-bond donors (Lipinski definition) is 2. The molecule has 1 amide bonds. The maximum absolute atomic E-state index is 11.8. The van der Waals surface area contributed by atoms with Gasteiger partial charge in [0.2, 0.25) is 5.95 Å². The Labute approximate surface area is 162 Å². The molecule has 142 valence electrons. The Balaban J connectivity index is 1.76. The highest BCUT2D eigenvalue weighted by atomic mass is 35.5. The molecule has 1 aliphatic carbocycles. The van der Waals surface area contributed by atoms with Gasteiger partial charge in [-0.05, 0) is 25.0 Å². The van der Waals surface area contributed by atoms with E-state index in [0.29, 0.717) is 37.6 Å². The van der Waals surface area contributed by atoms with E-state index in [1.807, 2.05) is 40.3 Å². The zero-order chi connectivity index (χ0) is 18.8. The number of ether oxygens (including phenoxy) is 1. The van der Waals surface area contributed by atoms with Crippen LogP contribution in [0.3, 0.4) is 0 Å². The van der Waals surface area contributed by atoms with Gasteiger partial charge in [-0.25, -0.2) is 9.99 Å². The van der Waals surface area contributed by atoms with Crippen molar-refractivity contribution in [1.82, 2.24) is 15.0 Å². The van der Waals surface area contributed by atoms with Crippen molar-refractivity contribution in [2.45, 2.75) is 24.4 Å². The zero-order valence-electron chi connectivity index (χ0n) is 14.7. The second kappa shape index (κ2) is 7.67. The molecule has 1 atom stereocenters. The molecule has 0 spiro atoms. The number of nitrogens with two attached hydrogens (primary N) is 1. The highest BCUT2D eigenvalue weighted by Crippen LogP contribution is 2.31. The molecule has 27 heavy (non-hydrogen) atoms. The summed E-state index contributed by atoms with van der Waals surface area (Å²) >= 11 is 6.51. The first-order valence-corrected chi connectivity index (χ1v) is 9.34. The third kappa shape index (κ3) is 3.97. The molecule has 1 saturated heterocycles. The van der Waals surface area contributed by atoms with Crippen LogP contribution in [0, 0.1) is 0 Å². The number of alkyl halides is 1. The summed E-state index contributed by atoms with van der Waals surface area (Å²) in [6.45, 7) is 1.55. The van der Waals surface area contributed by atoms with Crippen molar-refractivity contribution in [3.05, 3.63) is 42.1 Å². The van der Waals surface area contributed by atoms with Crippen molar-refractivity contribution in [3.8, 4) is 0 Å². The van der Waals surface area contributed by atoms with Gasteiger partial charge in [-0.15, -0.1) is 11.6 Å². The molecule has 0 radical (unpaired) electrons. The van der Waals surface area contributed by atoms with E-state index in [-0.39, 0.29) is 11.1 Å². The molecule has 1 aromatic carbocycles. The number of nitrogens with one attached hydrogen (secondary N) is 1. The van der Waals surface area contributed by atoms with Crippen molar-refractivity contribution >= 4 is 35.0 Å². The molecule has 4 rings (SSSR count). The number of halogens is 1. The zero-order valence-corrected chi connectivity index (χ0v) is 15.5. The minimum Gasteiger partial charge on any atom is -0.377 e. The average molecular weight is 389 g/mol. The van der Waals surface area contributed by atoms with Crippen molar-refractivity contribution in [2.75, 3.05) is 30.1 Å². The van der Waals surface area contributed by atoms with Gasteiger partial charge < -0.3 is 15.8 Å². The molecule has 2 aliphatic rings. The molecule has 9 heteroatoms. The monoisotopic (exact) mass is 388 g/mol. The van der Waals surface area contributed by atoms with Gasteiger partial charge in [0.1, 0.15) is 11.3 Å². The SMILES string of the molecule is NC(=O)c1cnc(N(c2ccccc2)N2CCOCC2Cl)nc1NC1CC1. The van der Waals surface area contributed by atoms with Gasteiger partial charge in [0.25, 0.3) is 5.91 Å². The summed E-state index contributed by atoms with van der Waals surface area (Å²) in [6, 6.07) is 10.0. The summed E-state index contributed by atoms with van der Waals surface area (Å²) in [5.74, 6) is 0.315. The molecular formula is C18H21ClN6O2. The molecule has 3 N–H and O–H groups in total. The van der Waals surface area contributed by atoms with E-state index in [0.717, 1.165) is 18.5 Å². The topological polar surface area (TPSA) is 96.6 Å². The predicted molar refractivity (Wildman–Crippen MR) is 103 cm³/mol. The van der Waals surface area contributed by atoms with Gasteiger partial charge in [-0.2, -0.15) is 9.99 Å². The second-order valence-electron chi connectivity index (χ2n) is 6.53. The molecule has 2 heterocycles. The number of amides is 1. The number of nitrogens with zero attached hydrogens (tertiary/aromatic N) is 4. The fraction of sp³-hybridized carbons (Fsp3) is 0.389. The minimum atomic E-state index is -0.558. The van der Waals surface area contributed by atoms with Crippen LogP contribution in [0.25, 0.3) is 0 Å². The quantitative estimate of drug-likeness (QED) is 0.577. The van der Waals surface area contributed by atoms with E-state index in [2.05, 4.69) is 15.3 Å². The first kappa shape index (κ1) is 18.0. The van der Waals surface area contributed by atoms with Crippen LogP contribution in [0.4, 0.5) is 17.5 Å². The van der Waals surface area contributed by atoms with E-state index in [1.54, 1.807) is 0 Å². The summed E-state index contributed by atoms with van der Waals surface area (Å²) in [5.41, 5.74) is 6.28. The second-order valence-corrected chi connectivity index (χ2v) is 7.04. The van der Waals surface area contributed by atoms with Gasteiger partial charge in [0.05, 0.1) is 24.5 Å². The molecule has 2 aromatic rings. The Morgan fingerprint density at radius 3 is 2.78 bits per heavy atom. The van der Waals surface area contributed by atoms with E-state index in [4.69, 9.17) is 22.1 Å². The number of primary amides is 1. The molecule has 8 nitrogen and oxygen atoms in total. The lowest BCUT2D eigenvalue weighted by molar-refractivity contribution is 0.0214. The summed E-state index contributed by atoms with van der Waals surface area (Å²) in [6.07, 6.45) is 3.56. The number of rotatable bonds is 6. The number of anilines is 3. The van der Waals surface area contributed by atoms with Crippen LogP contribution in [0.2, 0.25) is 0 Å². The lowest BCUT2D eigenvalue weighted by Gasteiger charge is -2.40. The number of carbonyl (C=O) groups excluding carboxylic acids is 1. The maximum Gasteiger partial charge on any atom is 0.254 e. The average Bonchev–Trinajstić information content (AvgIpc) is 3.48. The van der Waals surface area contributed by atoms with Gasteiger partial charge in [-0.1, -0.05) is 18.2 Å². The fourth-order valence-electron chi connectivity index (χ4n) is 2.92. The van der Waals surface area contributed by atoms with Crippen LogP contribution in [0.1, 0.15) is 23.2 Å². The number of hydrogen-bond acceptors (Lipinski definition) is 7. The first-order valence-electron chi connectivity index (χ1n) is 8.90. The number of aromatic nitrogens is 2. The minimum absolute atomic E-state index is 0.281. The summed E-state index contributed by atoms with van der Waals surface area (Å²) in [7, 11) is 0. The first-order chi connectivity index (χ1) is 13.1.